The molecule has 0 atom stereocenters. The highest BCUT2D eigenvalue weighted by molar-refractivity contribution is 14.0. The predicted octanol–water partition coefficient (Wildman–Crippen LogP) is 2.05. The van der Waals surface area contributed by atoms with Crippen LogP contribution in [0.2, 0.25) is 0 Å². The average Bonchev–Trinajstić information content (AvgIpc) is 3.25. The Morgan fingerprint density at radius 2 is 1.87 bits per heavy atom. The van der Waals surface area contributed by atoms with Crippen molar-refractivity contribution in [1.82, 2.24) is 20.4 Å². The first-order valence-electron chi connectivity index (χ1n) is 9.11. The second-order valence-electron chi connectivity index (χ2n) is 6.41. The first-order valence-corrected chi connectivity index (χ1v) is 10.7. The number of hydrogen-bond acceptors (Lipinski definition) is 4. The summed E-state index contributed by atoms with van der Waals surface area (Å²) in [4.78, 5) is 4.29. The Balaban J connectivity index is 0.00000320. The lowest BCUT2D eigenvalue weighted by Crippen LogP contribution is -2.37. The van der Waals surface area contributed by atoms with Gasteiger partial charge < -0.3 is 10.6 Å². The van der Waals surface area contributed by atoms with Crippen molar-refractivity contribution in [3.8, 4) is 5.69 Å². The monoisotopic (exact) mass is 540 g/mol. The molecule has 10 heteroatoms. The van der Waals surface area contributed by atoms with E-state index in [1.807, 2.05) is 35.1 Å². The van der Waals surface area contributed by atoms with Crippen molar-refractivity contribution in [3.05, 3.63) is 78.1 Å². The smallest absolute Gasteiger partial charge is 0.238 e. The molecule has 0 spiro atoms. The third-order valence-corrected chi connectivity index (χ3v) is 5.23. The molecule has 0 saturated carbocycles. The normalized spacial score (nSPS) is 11.6. The van der Waals surface area contributed by atoms with Gasteiger partial charge in [0.25, 0.3) is 0 Å². The highest BCUT2D eigenvalue weighted by Crippen LogP contribution is 2.10. The van der Waals surface area contributed by atoms with E-state index in [0.29, 0.717) is 19.0 Å². The highest BCUT2D eigenvalue weighted by Gasteiger charge is 2.08. The number of benzene rings is 2. The summed E-state index contributed by atoms with van der Waals surface area (Å²) in [6.45, 7) is 1.14. The molecule has 0 bridgehead atoms. The Labute approximate surface area is 193 Å². The number of halogens is 1. The van der Waals surface area contributed by atoms with E-state index in [4.69, 9.17) is 5.14 Å². The summed E-state index contributed by atoms with van der Waals surface area (Å²) in [5, 5.41) is 15.8. The van der Waals surface area contributed by atoms with Crippen LogP contribution in [0.1, 0.15) is 11.1 Å². The minimum atomic E-state index is -3.71. The quantitative estimate of drug-likeness (QED) is 0.241. The molecule has 0 unspecified atom stereocenters. The Hall–Kier alpha value is -2.44. The van der Waals surface area contributed by atoms with Crippen molar-refractivity contribution in [2.45, 2.75) is 17.9 Å². The van der Waals surface area contributed by atoms with Gasteiger partial charge in [0.05, 0.1) is 10.6 Å². The van der Waals surface area contributed by atoms with Crippen LogP contribution in [0.25, 0.3) is 5.69 Å². The van der Waals surface area contributed by atoms with Gasteiger partial charge in [-0.3, -0.25) is 4.99 Å². The van der Waals surface area contributed by atoms with Crippen molar-refractivity contribution < 1.29 is 8.42 Å². The molecule has 8 nitrogen and oxygen atoms in total. The minimum absolute atomic E-state index is 0. The molecule has 0 radical (unpaired) electrons. The number of nitrogens with one attached hydrogen (secondary N) is 2. The maximum absolute atomic E-state index is 11.5. The Kier molecular flexibility index (Phi) is 8.81. The number of rotatable bonds is 7. The summed E-state index contributed by atoms with van der Waals surface area (Å²) in [6.07, 6.45) is 4.49. The van der Waals surface area contributed by atoms with Crippen LogP contribution < -0.4 is 15.8 Å². The topological polar surface area (TPSA) is 114 Å². The lowest BCUT2D eigenvalue weighted by atomic mass is 10.1. The SMILES string of the molecule is CN=C(NCCc1ccc(-n2cccn2)cc1)NCc1cccc(S(N)(=O)=O)c1.I. The lowest BCUT2D eigenvalue weighted by molar-refractivity contribution is 0.597. The molecular weight excluding hydrogens is 515 g/mol. The summed E-state index contributed by atoms with van der Waals surface area (Å²) in [5.41, 5.74) is 3.02. The number of aromatic nitrogens is 2. The second kappa shape index (κ2) is 11.1. The summed E-state index contributed by atoms with van der Waals surface area (Å²) >= 11 is 0. The van der Waals surface area contributed by atoms with Gasteiger partial charge in [-0.1, -0.05) is 24.3 Å². The van der Waals surface area contributed by atoms with Gasteiger partial charge in [0.1, 0.15) is 0 Å². The van der Waals surface area contributed by atoms with Crippen LogP contribution in [0, 0.1) is 0 Å². The molecule has 3 rings (SSSR count). The van der Waals surface area contributed by atoms with Crippen molar-refractivity contribution in [3.63, 3.8) is 0 Å². The van der Waals surface area contributed by atoms with Gasteiger partial charge in [0.2, 0.25) is 10.0 Å². The van der Waals surface area contributed by atoms with E-state index in [-0.39, 0.29) is 28.9 Å². The number of guanidine groups is 1. The van der Waals surface area contributed by atoms with E-state index in [1.165, 1.54) is 11.6 Å². The zero-order valence-corrected chi connectivity index (χ0v) is 19.7. The third-order valence-electron chi connectivity index (χ3n) is 4.32. The molecule has 1 heterocycles. The van der Waals surface area contributed by atoms with E-state index in [0.717, 1.165) is 17.7 Å². The second-order valence-corrected chi connectivity index (χ2v) is 7.97. The maximum atomic E-state index is 11.5. The van der Waals surface area contributed by atoms with E-state index < -0.39 is 10.0 Å². The maximum Gasteiger partial charge on any atom is 0.238 e. The molecule has 0 aliphatic carbocycles. The van der Waals surface area contributed by atoms with Gasteiger partial charge in [-0.15, -0.1) is 24.0 Å². The van der Waals surface area contributed by atoms with Crippen LogP contribution in [0.15, 0.2) is 76.9 Å². The lowest BCUT2D eigenvalue weighted by Gasteiger charge is -2.12. The third kappa shape index (κ3) is 6.82. The van der Waals surface area contributed by atoms with Crippen LogP contribution in [0.3, 0.4) is 0 Å². The number of primary sulfonamides is 1. The molecular formula is C20H25IN6O2S. The summed E-state index contributed by atoms with van der Waals surface area (Å²) in [7, 11) is -2.02. The number of hydrogen-bond donors (Lipinski definition) is 3. The fraction of sp³-hybridized carbons (Fsp3) is 0.200. The first-order chi connectivity index (χ1) is 14.0. The van der Waals surface area contributed by atoms with Gasteiger partial charge in [0.15, 0.2) is 5.96 Å². The molecule has 0 fully saturated rings. The molecule has 0 aliphatic rings. The number of aliphatic imine (C=N–C) groups is 1. The van der Waals surface area contributed by atoms with Crippen molar-refractivity contribution in [2.75, 3.05) is 13.6 Å². The van der Waals surface area contributed by atoms with E-state index in [9.17, 15) is 8.42 Å². The Morgan fingerprint density at radius 1 is 1.10 bits per heavy atom. The predicted molar refractivity (Wildman–Crippen MR) is 129 cm³/mol. The molecule has 3 aromatic rings. The van der Waals surface area contributed by atoms with Crippen LogP contribution in [-0.2, 0) is 23.0 Å². The van der Waals surface area contributed by atoms with E-state index >= 15 is 0 Å². The molecule has 30 heavy (non-hydrogen) atoms. The zero-order valence-electron chi connectivity index (χ0n) is 16.5. The van der Waals surface area contributed by atoms with Gasteiger partial charge >= 0.3 is 0 Å². The average molecular weight is 540 g/mol. The number of nitrogens with zero attached hydrogens (tertiary/aromatic N) is 3. The Morgan fingerprint density at radius 3 is 2.50 bits per heavy atom. The molecule has 0 amide bonds. The fourth-order valence-electron chi connectivity index (χ4n) is 2.80. The van der Waals surface area contributed by atoms with Crippen molar-refractivity contribution >= 4 is 40.0 Å². The summed E-state index contributed by atoms with van der Waals surface area (Å²) < 4.78 is 24.7. The van der Waals surface area contributed by atoms with Gasteiger partial charge in [-0.05, 0) is 47.9 Å². The standard InChI is InChI=1S/C20H24N6O2S.HI/c1-22-20(24-15-17-4-2-5-19(14-17)29(21,27)28)23-12-10-16-6-8-18(9-7-16)26-13-3-11-25-26;/h2-9,11,13-14H,10,12,15H2,1H3,(H2,21,27,28)(H2,22,23,24);1H. The first kappa shape index (κ1) is 23.8. The van der Waals surface area contributed by atoms with Crippen LogP contribution in [0.4, 0.5) is 0 Å². The highest BCUT2D eigenvalue weighted by atomic mass is 127. The van der Waals surface area contributed by atoms with Gasteiger partial charge in [-0.2, -0.15) is 5.10 Å². The number of sulfonamides is 1. The van der Waals surface area contributed by atoms with Gasteiger partial charge in [-0.25, -0.2) is 18.2 Å². The largest absolute Gasteiger partial charge is 0.356 e. The zero-order chi connectivity index (χ0) is 20.7. The van der Waals surface area contributed by atoms with Crippen LogP contribution >= 0.6 is 24.0 Å². The summed E-state index contributed by atoms with van der Waals surface area (Å²) in [6, 6.07) is 16.6. The Bertz CT molecular complexity index is 1070. The molecule has 4 N–H and O–H groups in total. The number of nitrogens with two attached hydrogens (primary N) is 1. The molecule has 160 valence electrons. The van der Waals surface area contributed by atoms with Crippen molar-refractivity contribution in [1.29, 1.82) is 0 Å². The molecule has 0 saturated heterocycles. The molecule has 1 aromatic heterocycles. The molecule has 0 aliphatic heterocycles. The van der Waals surface area contributed by atoms with Crippen LogP contribution in [-0.4, -0.2) is 37.8 Å². The van der Waals surface area contributed by atoms with Crippen LogP contribution in [0.5, 0.6) is 0 Å². The van der Waals surface area contributed by atoms with E-state index in [1.54, 1.807) is 25.4 Å². The van der Waals surface area contributed by atoms with Crippen molar-refractivity contribution in [2.24, 2.45) is 10.1 Å². The van der Waals surface area contributed by atoms with Gasteiger partial charge in [0, 0.05) is 32.5 Å². The fourth-order valence-corrected chi connectivity index (χ4v) is 3.38. The minimum Gasteiger partial charge on any atom is -0.356 e. The van der Waals surface area contributed by atoms with E-state index in [2.05, 4.69) is 32.9 Å². The summed E-state index contributed by atoms with van der Waals surface area (Å²) in [5.74, 6) is 0.638. The molecule has 2 aromatic carbocycles.